The number of nitrogens with one attached hydrogen (secondary N) is 2. The van der Waals surface area contributed by atoms with Crippen molar-refractivity contribution in [3.05, 3.63) is 34.8 Å². The number of piperidine rings is 1. The van der Waals surface area contributed by atoms with Gasteiger partial charge in [0, 0.05) is 10.8 Å². The van der Waals surface area contributed by atoms with Gasteiger partial charge in [0.1, 0.15) is 5.75 Å². The van der Waals surface area contributed by atoms with Gasteiger partial charge in [-0.15, -0.1) is 11.3 Å². The van der Waals surface area contributed by atoms with Gasteiger partial charge < -0.3 is 15.4 Å². The molecule has 3 rings (SSSR count). The van der Waals surface area contributed by atoms with Crippen molar-refractivity contribution in [3.8, 4) is 5.75 Å². The Morgan fingerprint density at radius 3 is 2.52 bits per heavy atom. The standard InChI is InChI=1S/C21H28N4O3S/c1-13-15(3)29-21(22-13)24-19(26)14(2)25-11-9-16(10-12-25)20(27)23-17-7-5-6-8-18(17)28-4/h5-8,14,16H,9-12H2,1-4H3,(H,23,27)(H,22,24,26). The number of carbonyl (C=O) groups excluding carboxylic acids is 2. The number of para-hydroxylation sites is 2. The number of hydrogen-bond donors (Lipinski definition) is 2. The Bertz CT molecular complexity index is 855. The minimum absolute atomic E-state index is 0.00000874. The molecule has 0 radical (unpaired) electrons. The van der Waals surface area contributed by atoms with Crippen LogP contribution in [-0.2, 0) is 9.59 Å². The van der Waals surface area contributed by atoms with Crippen molar-refractivity contribution >= 4 is 34.0 Å². The second-order valence-corrected chi connectivity index (χ2v) is 8.53. The predicted molar refractivity (Wildman–Crippen MR) is 116 cm³/mol. The van der Waals surface area contributed by atoms with Gasteiger partial charge in [0.15, 0.2) is 5.13 Å². The van der Waals surface area contributed by atoms with E-state index in [9.17, 15) is 9.59 Å². The summed E-state index contributed by atoms with van der Waals surface area (Å²) in [6.07, 6.45) is 1.43. The highest BCUT2D eigenvalue weighted by atomic mass is 32.1. The smallest absolute Gasteiger partial charge is 0.243 e. The lowest BCUT2D eigenvalue weighted by Crippen LogP contribution is -2.47. The maximum atomic E-state index is 12.7. The number of amides is 2. The predicted octanol–water partition coefficient (Wildman–Crippen LogP) is 3.45. The van der Waals surface area contributed by atoms with Crippen LogP contribution < -0.4 is 15.4 Å². The molecule has 2 heterocycles. The molecule has 7 nitrogen and oxygen atoms in total. The van der Waals surface area contributed by atoms with Crippen molar-refractivity contribution in [1.82, 2.24) is 9.88 Å². The maximum absolute atomic E-state index is 12.7. The number of ether oxygens (including phenoxy) is 1. The lowest BCUT2D eigenvalue weighted by atomic mass is 9.94. The van der Waals surface area contributed by atoms with Crippen molar-refractivity contribution in [2.24, 2.45) is 5.92 Å². The fraction of sp³-hybridized carbons (Fsp3) is 0.476. The normalized spacial score (nSPS) is 16.3. The van der Waals surface area contributed by atoms with E-state index in [0.29, 0.717) is 42.5 Å². The number of hydrogen-bond acceptors (Lipinski definition) is 6. The Morgan fingerprint density at radius 2 is 1.90 bits per heavy atom. The molecule has 29 heavy (non-hydrogen) atoms. The average molecular weight is 417 g/mol. The number of rotatable bonds is 6. The highest BCUT2D eigenvalue weighted by molar-refractivity contribution is 7.15. The molecule has 156 valence electrons. The quantitative estimate of drug-likeness (QED) is 0.754. The van der Waals surface area contributed by atoms with Crippen LogP contribution in [0.3, 0.4) is 0 Å². The lowest BCUT2D eigenvalue weighted by Gasteiger charge is -2.34. The molecular formula is C21H28N4O3S. The molecule has 1 atom stereocenters. The van der Waals surface area contributed by atoms with Gasteiger partial charge in [0.05, 0.1) is 24.5 Å². The minimum Gasteiger partial charge on any atom is -0.495 e. The molecule has 1 saturated heterocycles. The van der Waals surface area contributed by atoms with E-state index in [2.05, 4.69) is 20.5 Å². The molecule has 1 aromatic heterocycles. The summed E-state index contributed by atoms with van der Waals surface area (Å²) in [5.74, 6) is 0.516. The fourth-order valence-corrected chi connectivity index (χ4v) is 4.25. The van der Waals surface area contributed by atoms with E-state index in [-0.39, 0.29) is 23.8 Å². The lowest BCUT2D eigenvalue weighted by molar-refractivity contribution is -0.123. The molecule has 1 fully saturated rings. The number of aromatic nitrogens is 1. The number of methoxy groups -OCH3 is 1. The summed E-state index contributed by atoms with van der Waals surface area (Å²) in [5.41, 5.74) is 1.63. The van der Waals surface area contributed by atoms with Crippen molar-refractivity contribution in [1.29, 1.82) is 0 Å². The minimum atomic E-state index is -0.266. The first-order chi connectivity index (χ1) is 13.9. The van der Waals surface area contributed by atoms with Crippen LogP contribution in [0.2, 0.25) is 0 Å². The zero-order valence-electron chi connectivity index (χ0n) is 17.3. The van der Waals surface area contributed by atoms with E-state index in [1.165, 1.54) is 11.3 Å². The number of aryl methyl sites for hydroxylation is 2. The number of nitrogens with zero attached hydrogens (tertiary/aromatic N) is 2. The van der Waals surface area contributed by atoms with Crippen LogP contribution in [0, 0.1) is 19.8 Å². The van der Waals surface area contributed by atoms with Crippen LogP contribution in [0.5, 0.6) is 5.75 Å². The number of likely N-dealkylation sites (tertiary alicyclic amines) is 1. The van der Waals surface area contributed by atoms with Crippen molar-refractivity contribution in [2.75, 3.05) is 30.8 Å². The monoisotopic (exact) mass is 416 g/mol. The van der Waals surface area contributed by atoms with Gasteiger partial charge >= 0.3 is 0 Å². The molecule has 2 amide bonds. The van der Waals surface area contributed by atoms with Crippen molar-refractivity contribution in [3.63, 3.8) is 0 Å². The zero-order chi connectivity index (χ0) is 21.0. The largest absolute Gasteiger partial charge is 0.495 e. The molecule has 1 aliphatic rings. The van der Waals surface area contributed by atoms with E-state index in [1.807, 2.05) is 45.0 Å². The highest BCUT2D eigenvalue weighted by Gasteiger charge is 2.30. The van der Waals surface area contributed by atoms with E-state index >= 15 is 0 Å². The molecule has 1 aliphatic heterocycles. The van der Waals surface area contributed by atoms with Crippen LogP contribution in [0.25, 0.3) is 0 Å². The molecule has 2 aromatic rings. The van der Waals surface area contributed by atoms with Crippen molar-refractivity contribution in [2.45, 2.75) is 39.7 Å². The summed E-state index contributed by atoms with van der Waals surface area (Å²) < 4.78 is 5.29. The van der Waals surface area contributed by atoms with E-state index < -0.39 is 0 Å². The van der Waals surface area contributed by atoms with Crippen LogP contribution in [0.4, 0.5) is 10.8 Å². The molecule has 1 unspecified atom stereocenters. The SMILES string of the molecule is COc1ccccc1NC(=O)C1CCN(C(C)C(=O)Nc2nc(C)c(C)s2)CC1. The van der Waals surface area contributed by atoms with Crippen LogP contribution in [0.1, 0.15) is 30.3 Å². The molecule has 2 N–H and O–H groups in total. The van der Waals surface area contributed by atoms with Crippen LogP contribution in [-0.4, -0.2) is 47.9 Å². The van der Waals surface area contributed by atoms with Gasteiger partial charge in [-0.1, -0.05) is 12.1 Å². The van der Waals surface area contributed by atoms with Gasteiger partial charge in [-0.3, -0.25) is 14.5 Å². The average Bonchev–Trinajstić information content (AvgIpc) is 3.04. The Morgan fingerprint density at radius 1 is 1.21 bits per heavy atom. The second-order valence-electron chi connectivity index (χ2n) is 7.33. The maximum Gasteiger partial charge on any atom is 0.243 e. The van der Waals surface area contributed by atoms with Crippen LogP contribution >= 0.6 is 11.3 Å². The molecular weight excluding hydrogens is 388 g/mol. The number of anilines is 2. The van der Waals surface area contributed by atoms with E-state index in [1.54, 1.807) is 7.11 Å². The molecule has 0 saturated carbocycles. The van der Waals surface area contributed by atoms with Gasteiger partial charge in [0.2, 0.25) is 11.8 Å². The third-order valence-electron chi connectivity index (χ3n) is 5.45. The summed E-state index contributed by atoms with van der Waals surface area (Å²) in [6, 6.07) is 7.13. The van der Waals surface area contributed by atoms with Gasteiger partial charge in [-0.2, -0.15) is 0 Å². The first-order valence-corrected chi connectivity index (χ1v) is 10.6. The Labute approximate surface area is 175 Å². The number of thiazole rings is 1. The Hall–Kier alpha value is -2.45. The summed E-state index contributed by atoms with van der Waals surface area (Å²) in [4.78, 5) is 32.8. The zero-order valence-corrected chi connectivity index (χ0v) is 18.1. The third-order valence-corrected chi connectivity index (χ3v) is 6.44. The molecule has 0 aliphatic carbocycles. The van der Waals surface area contributed by atoms with E-state index in [4.69, 9.17) is 4.74 Å². The fourth-order valence-electron chi connectivity index (χ4n) is 3.43. The third kappa shape index (κ3) is 5.13. The number of carbonyl (C=O) groups is 2. The summed E-state index contributed by atoms with van der Waals surface area (Å²) >= 11 is 1.49. The summed E-state index contributed by atoms with van der Waals surface area (Å²) in [7, 11) is 1.59. The first-order valence-electron chi connectivity index (χ1n) is 9.82. The van der Waals surface area contributed by atoms with Gasteiger partial charge in [0.25, 0.3) is 0 Å². The van der Waals surface area contributed by atoms with Gasteiger partial charge in [-0.25, -0.2) is 4.98 Å². The molecule has 0 bridgehead atoms. The van der Waals surface area contributed by atoms with Crippen LogP contribution in [0.15, 0.2) is 24.3 Å². The molecule has 1 aromatic carbocycles. The van der Waals surface area contributed by atoms with Crippen molar-refractivity contribution < 1.29 is 14.3 Å². The Balaban J connectivity index is 1.51. The summed E-state index contributed by atoms with van der Waals surface area (Å²) in [6.45, 7) is 7.24. The van der Waals surface area contributed by atoms with Gasteiger partial charge in [-0.05, 0) is 58.8 Å². The summed E-state index contributed by atoms with van der Waals surface area (Å²) in [5, 5.41) is 6.52. The molecule has 8 heteroatoms. The second kappa shape index (κ2) is 9.37. The first kappa shape index (κ1) is 21.3. The number of benzene rings is 1. The molecule has 0 spiro atoms. The highest BCUT2D eigenvalue weighted by Crippen LogP contribution is 2.27. The van der Waals surface area contributed by atoms with E-state index in [0.717, 1.165) is 10.6 Å². The topological polar surface area (TPSA) is 83.6 Å². The Kier molecular flexibility index (Phi) is 6.87.